The van der Waals surface area contributed by atoms with Gasteiger partial charge in [-0.15, -0.1) is 0 Å². The first kappa shape index (κ1) is 13.2. The summed E-state index contributed by atoms with van der Waals surface area (Å²) in [5.74, 6) is -0.595. The molecular formula is C16H12FN3O. The van der Waals surface area contributed by atoms with E-state index in [0.29, 0.717) is 28.6 Å². The van der Waals surface area contributed by atoms with Gasteiger partial charge in [0.25, 0.3) is 5.91 Å². The molecule has 0 aliphatic rings. The number of rotatable bonds is 3. The van der Waals surface area contributed by atoms with E-state index in [9.17, 15) is 9.18 Å². The molecule has 0 fully saturated rings. The SMILES string of the molecule is O=C(NCc1ccncn1)c1ccc(F)c2ccccc12. The van der Waals surface area contributed by atoms with Crippen molar-refractivity contribution in [3.8, 4) is 0 Å². The minimum Gasteiger partial charge on any atom is -0.346 e. The summed E-state index contributed by atoms with van der Waals surface area (Å²) in [7, 11) is 0. The van der Waals surface area contributed by atoms with Crippen LogP contribution in [0.15, 0.2) is 55.0 Å². The zero-order chi connectivity index (χ0) is 14.7. The molecule has 5 heteroatoms. The normalized spacial score (nSPS) is 10.5. The molecule has 1 amide bonds. The summed E-state index contributed by atoms with van der Waals surface area (Å²) in [6, 6.07) is 11.4. The highest BCUT2D eigenvalue weighted by atomic mass is 19.1. The van der Waals surface area contributed by atoms with Gasteiger partial charge in [-0.3, -0.25) is 4.79 Å². The Balaban J connectivity index is 1.87. The van der Waals surface area contributed by atoms with Gasteiger partial charge >= 0.3 is 0 Å². The largest absolute Gasteiger partial charge is 0.346 e. The molecule has 2 aromatic carbocycles. The Morgan fingerprint density at radius 1 is 1.10 bits per heavy atom. The number of aromatic nitrogens is 2. The number of nitrogens with zero attached hydrogens (tertiary/aromatic N) is 2. The Bertz CT molecular complexity index is 790. The van der Waals surface area contributed by atoms with Crippen LogP contribution < -0.4 is 5.32 Å². The van der Waals surface area contributed by atoms with E-state index < -0.39 is 0 Å². The lowest BCUT2D eigenvalue weighted by Crippen LogP contribution is -2.23. The first-order chi connectivity index (χ1) is 10.3. The summed E-state index contributed by atoms with van der Waals surface area (Å²) in [5, 5.41) is 3.81. The molecule has 0 spiro atoms. The number of hydrogen-bond acceptors (Lipinski definition) is 3. The molecular weight excluding hydrogens is 269 g/mol. The molecule has 0 saturated heterocycles. The van der Waals surface area contributed by atoms with Crippen LogP contribution in [0.5, 0.6) is 0 Å². The molecule has 0 bridgehead atoms. The number of nitrogens with one attached hydrogen (secondary N) is 1. The second kappa shape index (κ2) is 5.66. The summed E-state index contributed by atoms with van der Waals surface area (Å²) >= 11 is 0. The molecule has 0 saturated carbocycles. The van der Waals surface area contributed by atoms with Crippen molar-refractivity contribution in [2.75, 3.05) is 0 Å². The van der Waals surface area contributed by atoms with E-state index in [1.807, 2.05) is 0 Å². The van der Waals surface area contributed by atoms with Gasteiger partial charge in [0.2, 0.25) is 0 Å². The van der Waals surface area contributed by atoms with Gasteiger partial charge in [-0.2, -0.15) is 0 Å². The van der Waals surface area contributed by atoms with Crippen LogP contribution in [0.25, 0.3) is 10.8 Å². The maximum atomic E-state index is 13.7. The van der Waals surface area contributed by atoms with E-state index >= 15 is 0 Å². The van der Waals surface area contributed by atoms with Crippen LogP contribution >= 0.6 is 0 Å². The highest BCUT2D eigenvalue weighted by Crippen LogP contribution is 2.21. The highest BCUT2D eigenvalue weighted by molar-refractivity contribution is 6.07. The van der Waals surface area contributed by atoms with Gasteiger partial charge in [0.15, 0.2) is 0 Å². The fourth-order valence-electron chi connectivity index (χ4n) is 2.15. The average Bonchev–Trinajstić information content (AvgIpc) is 2.54. The lowest BCUT2D eigenvalue weighted by Gasteiger charge is -2.08. The average molecular weight is 281 g/mol. The van der Waals surface area contributed by atoms with Gasteiger partial charge in [-0.25, -0.2) is 14.4 Å². The van der Waals surface area contributed by atoms with E-state index in [-0.39, 0.29) is 11.7 Å². The Morgan fingerprint density at radius 3 is 2.67 bits per heavy atom. The first-order valence-electron chi connectivity index (χ1n) is 6.46. The Morgan fingerprint density at radius 2 is 1.90 bits per heavy atom. The van der Waals surface area contributed by atoms with Crippen LogP contribution in [0.2, 0.25) is 0 Å². The Hall–Kier alpha value is -2.82. The third-order valence-electron chi connectivity index (χ3n) is 3.19. The van der Waals surface area contributed by atoms with Crippen LogP contribution in [0.1, 0.15) is 16.1 Å². The number of carbonyl (C=O) groups excluding carboxylic acids is 1. The summed E-state index contributed by atoms with van der Waals surface area (Å²) in [5.41, 5.74) is 1.16. The Labute approximate surface area is 120 Å². The van der Waals surface area contributed by atoms with Crippen molar-refractivity contribution in [2.24, 2.45) is 0 Å². The van der Waals surface area contributed by atoms with Crippen LogP contribution in [0.3, 0.4) is 0 Å². The number of halogens is 1. The van der Waals surface area contributed by atoms with Crippen LogP contribution in [0.4, 0.5) is 4.39 Å². The zero-order valence-corrected chi connectivity index (χ0v) is 11.1. The van der Waals surface area contributed by atoms with Crippen molar-refractivity contribution in [3.05, 3.63) is 72.1 Å². The molecule has 1 heterocycles. The van der Waals surface area contributed by atoms with Crippen LogP contribution in [-0.4, -0.2) is 15.9 Å². The van der Waals surface area contributed by atoms with Gasteiger partial charge < -0.3 is 5.32 Å². The molecule has 0 unspecified atom stereocenters. The van der Waals surface area contributed by atoms with Crippen molar-refractivity contribution in [1.29, 1.82) is 0 Å². The second-order valence-corrected chi connectivity index (χ2v) is 4.52. The van der Waals surface area contributed by atoms with E-state index in [4.69, 9.17) is 0 Å². The standard InChI is InChI=1S/C16H12FN3O/c17-15-6-5-14(12-3-1-2-4-13(12)15)16(21)19-9-11-7-8-18-10-20-11/h1-8,10H,9H2,(H,19,21). The summed E-state index contributed by atoms with van der Waals surface area (Å²) < 4.78 is 13.7. The fourth-order valence-corrected chi connectivity index (χ4v) is 2.15. The maximum absolute atomic E-state index is 13.7. The van der Waals surface area contributed by atoms with E-state index in [1.165, 1.54) is 18.5 Å². The summed E-state index contributed by atoms with van der Waals surface area (Å²) in [6.07, 6.45) is 3.04. The van der Waals surface area contributed by atoms with Crippen LogP contribution in [0, 0.1) is 5.82 Å². The lowest BCUT2D eigenvalue weighted by molar-refractivity contribution is 0.0952. The van der Waals surface area contributed by atoms with Gasteiger partial charge in [0.1, 0.15) is 12.1 Å². The van der Waals surface area contributed by atoms with E-state index in [1.54, 1.807) is 36.5 Å². The maximum Gasteiger partial charge on any atom is 0.252 e. The topological polar surface area (TPSA) is 54.9 Å². The van der Waals surface area contributed by atoms with Gasteiger partial charge in [-0.05, 0) is 23.6 Å². The number of amides is 1. The van der Waals surface area contributed by atoms with Crippen molar-refractivity contribution in [1.82, 2.24) is 15.3 Å². The molecule has 104 valence electrons. The molecule has 21 heavy (non-hydrogen) atoms. The quantitative estimate of drug-likeness (QED) is 0.803. The molecule has 3 rings (SSSR count). The molecule has 0 radical (unpaired) electrons. The summed E-state index contributed by atoms with van der Waals surface area (Å²) in [6.45, 7) is 0.299. The second-order valence-electron chi connectivity index (χ2n) is 4.52. The van der Waals surface area contributed by atoms with Gasteiger partial charge in [0, 0.05) is 17.1 Å². The minimum absolute atomic E-state index is 0.259. The monoisotopic (exact) mass is 281 g/mol. The minimum atomic E-state index is -0.335. The number of fused-ring (bicyclic) bond motifs is 1. The number of carbonyl (C=O) groups is 1. The predicted molar refractivity (Wildman–Crippen MR) is 77.1 cm³/mol. The first-order valence-corrected chi connectivity index (χ1v) is 6.46. The fraction of sp³-hybridized carbons (Fsp3) is 0.0625. The third-order valence-corrected chi connectivity index (χ3v) is 3.19. The van der Waals surface area contributed by atoms with Gasteiger partial charge in [-0.1, -0.05) is 24.3 Å². The van der Waals surface area contributed by atoms with Crippen molar-refractivity contribution in [2.45, 2.75) is 6.54 Å². The number of hydrogen-bond donors (Lipinski definition) is 1. The molecule has 3 aromatic rings. The molecule has 0 aliphatic heterocycles. The number of benzene rings is 2. The third kappa shape index (κ3) is 2.72. The smallest absolute Gasteiger partial charge is 0.252 e. The van der Waals surface area contributed by atoms with Crippen molar-refractivity contribution < 1.29 is 9.18 Å². The highest BCUT2D eigenvalue weighted by Gasteiger charge is 2.12. The molecule has 4 nitrogen and oxygen atoms in total. The summed E-state index contributed by atoms with van der Waals surface area (Å²) in [4.78, 5) is 20.1. The molecule has 1 aromatic heterocycles. The molecule has 0 atom stereocenters. The van der Waals surface area contributed by atoms with Gasteiger partial charge in [0.05, 0.1) is 12.2 Å². The predicted octanol–water partition coefficient (Wildman–Crippen LogP) is 2.70. The zero-order valence-electron chi connectivity index (χ0n) is 11.1. The van der Waals surface area contributed by atoms with Crippen molar-refractivity contribution in [3.63, 3.8) is 0 Å². The molecule has 0 aliphatic carbocycles. The van der Waals surface area contributed by atoms with Crippen molar-refractivity contribution >= 4 is 16.7 Å². The molecule has 1 N–H and O–H groups in total. The van der Waals surface area contributed by atoms with E-state index in [0.717, 1.165) is 0 Å². The Kier molecular flexibility index (Phi) is 3.55. The lowest BCUT2D eigenvalue weighted by atomic mass is 10.0. The van der Waals surface area contributed by atoms with Crippen LogP contribution in [-0.2, 0) is 6.54 Å². The van der Waals surface area contributed by atoms with E-state index in [2.05, 4.69) is 15.3 Å².